The molecule has 0 unspecified atom stereocenters. The molecule has 2 rings (SSSR count). The standard InChI is InChI=1S/C16H20N2O6/c1-16(2,3)24-15(22)17-10-8-23-12-7-9(14(20)21)5-6-11(12)18(4)13(10)19/h5-7,10H,8H2,1-4H3,(H,17,22)(H,20,21)/t10-/m0/s1. The molecule has 0 radical (unpaired) electrons. The number of aromatic carboxylic acids is 1. The Balaban J connectivity index is 2.19. The molecule has 0 aromatic heterocycles. The summed E-state index contributed by atoms with van der Waals surface area (Å²) in [4.78, 5) is 36.7. The number of benzene rings is 1. The lowest BCUT2D eigenvalue weighted by Crippen LogP contribution is -2.50. The number of carbonyl (C=O) groups is 3. The van der Waals surface area contributed by atoms with Crippen LogP contribution in [0.4, 0.5) is 10.5 Å². The average Bonchev–Trinajstić information content (AvgIpc) is 2.57. The second-order valence-corrected chi connectivity index (χ2v) is 6.39. The zero-order valence-electron chi connectivity index (χ0n) is 14.0. The number of anilines is 1. The van der Waals surface area contributed by atoms with Crippen molar-refractivity contribution < 1.29 is 29.0 Å². The van der Waals surface area contributed by atoms with E-state index in [1.165, 1.54) is 30.1 Å². The van der Waals surface area contributed by atoms with E-state index >= 15 is 0 Å². The van der Waals surface area contributed by atoms with Crippen LogP contribution in [-0.2, 0) is 9.53 Å². The SMILES string of the molecule is CN1C(=O)[C@@H](NC(=O)OC(C)(C)C)COc2cc(C(=O)O)ccc21. The molecule has 24 heavy (non-hydrogen) atoms. The molecule has 0 saturated carbocycles. The minimum Gasteiger partial charge on any atom is -0.489 e. The third-order valence-electron chi connectivity index (χ3n) is 3.29. The number of nitrogens with zero attached hydrogens (tertiary/aromatic N) is 1. The smallest absolute Gasteiger partial charge is 0.408 e. The number of likely N-dealkylation sites (N-methyl/N-ethyl adjacent to an activating group) is 1. The topological polar surface area (TPSA) is 105 Å². The Morgan fingerprint density at radius 2 is 2.04 bits per heavy atom. The Kier molecular flexibility index (Phi) is 4.68. The number of carboxylic acid groups (broad SMARTS) is 1. The van der Waals surface area contributed by atoms with E-state index in [0.29, 0.717) is 5.69 Å². The van der Waals surface area contributed by atoms with Gasteiger partial charge in [-0.05, 0) is 39.0 Å². The Morgan fingerprint density at radius 3 is 2.62 bits per heavy atom. The first kappa shape index (κ1) is 17.6. The number of carboxylic acids is 1. The summed E-state index contributed by atoms with van der Waals surface area (Å²) >= 11 is 0. The van der Waals surface area contributed by atoms with Crippen LogP contribution >= 0.6 is 0 Å². The zero-order chi connectivity index (χ0) is 18.1. The Labute approximate surface area is 139 Å². The molecule has 0 spiro atoms. The lowest BCUT2D eigenvalue weighted by Gasteiger charge is -2.23. The average molecular weight is 336 g/mol. The van der Waals surface area contributed by atoms with Gasteiger partial charge in [-0.15, -0.1) is 0 Å². The van der Waals surface area contributed by atoms with Crippen LogP contribution in [0.25, 0.3) is 0 Å². The molecule has 8 heteroatoms. The van der Waals surface area contributed by atoms with Gasteiger partial charge in [-0.25, -0.2) is 9.59 Å². The second-order valence-electron chi connectivity index (χ2n) is 6.39. The summed E-state index contributed by atoms with van der Waals surface area (Å²) in [7, 11) is 1.53. The van der Waals surface area contributed by atoms with E-state index in [-0.39, 0.29) is 23.8 Å². The Hall–Kier alpha value is -2.77. The predicted molar refractivity (Wildman–Crippen MR) is 85.5 cm³/mol. The van der Waals surface area contributed by atoms with Gasteiger partial charge in [0.25, 0.3) is 5.91 Å². The number of alkyl carbamates (subject to hydrolysis) is 1. The van der Waals surface area contributed by atoms with Crippen LogP contribution in [0.2, 0.25) is 0 Å². The lowest BCUT2D eigenvalue weighted by molar-refractivity contribution is -0.120. The van der Waals surface area contributed by atoms with Crippen LogP contribution in [0.15, 0.2) is 18.2 Å². The molecular formula is C16H20N2O6. The van der Waals surface area contributed by atoms with Gasteiger partial charge in [0, 0.05) is 7.05 Å². The number of ether oxygens (including phenoxy) is 2. The van der Waals surface area contributed by atoms with Crippen molar-refractivity contribution in [2.75, 3.05) is 18.6 Å². The molecule has 0 fully saturated rings. The highest BCUT2D eigenvalue weighted by Crippen LogP contribution is 2.31. The summed E-state index contributed by atoms with van der Waals surface area (Å²) in [6.07, 6.45) is -0.727. The molecule has 1 heterocycles. The van der Waals surface area contributed by atoms with E-state index in [2.05, 4.69) is 5.32 Å². The lowest BCUT2D eigenvalue weighted by atomic mass is 10.1. The van der Waals surface area contributed by atoms with E-state index in [1.54, 1.807) is 20.8 Å². The van der Waals surface area contributed by atoms with Gasteiger partial charge in [-0.3, -0.25) is 4.79 Å². The van der Waals surface area contributed by atoms with E-state index in [9.17, 15) is 14.4 Å². The molecule has 1 aromatic carbocycles. The number of amides is 2. The van der Waals surface area contributed by atoms with E-state index in [1.807, 2.05) is 0 Å². The van der Waals surface area contributed by atoms with Gasteiger partial charge < -0.3 is 24.8 Å². The number of nitrogens with one attached hydrogen (secondary N) is 1. The molecule has 1 atom stereocenters. The molecule has 0 saturated heterocycles. The van der Waals surface area contributed by atoms with Crippen molar-refractivity contribution in [1.29, 1.82) is 0 Å². The molecular weight excluding hydrogens is 316 g/mol. The predicted octanol–water partition coefficient (Wildman–Crippen LogP) is 1.63. The van der Waals surface area contributed by atoms with Gasteiger partial charge in [0.2, 0.25) is 0 Å². The number of hydrogen-bond donors (Lipinski definition) is 2. The van der Waals surface area contributed by atoms with Crippen LogP contribution in [0, 0.1) is 0 Å². The first-order valence-corrected chi connectivity index (χ1v) is 7.36. The molecule has 1 aliphatic rings. The van der Waals surface area contributed by atoms with Crippen molar-refractivity contribution in [3.05, 3.63) is 23.8 Å². The van der Waals surface area contributed by atoms with Gasteiger partial charge in [-0.1, -0.05) is 0 Å². The minimum absolute atomic E-state index is 0.0492. The van der Waals surface area contributed by atoms with Crippen molar-refractivity contribution in [3.8, 4) is 5.75 Å². The van der Waals surface area contributed by atoms with E-state index in [4.69, 9.17) is 14.6 Å². The molecule has 0 aliphatic carbocycles. The summed E-state index contributed by atoms with van der Waals surface area (Å²) in [5.74, 6) is -1.22. The summed E-state index contributed by atoms with van der Waals surface area (Å²) in [6, 6.07) is 3.28. The highest BCUT2D eigenvalue weighted by Gasteiger charge is 2.32. The molecule has 1 aromatic rings. The fourth-order valence-electron chi connectivity index (χ4n) is 2.19. The number of rotatable bonds is 2. The normalized spacial score (nSPS) is 17.4. The van der Waals surface area contributed by atoms with Crippen LogP contribution < -0.4 is 15.0 Å². The number of fused-ring (bicyclic) bond motifs is 1. The molecule has 2 amide bonds. The fraction of sp³-hybridized carbons (Fsp3) is 0.438. The minimum atomic E-state index is -1.09. The van der Waals surface area contributed by atoms with Gasteiger partial charge in [-0.2, -0.15) is 0 Å². The van der Waals surface area contributed by atoms with Gasteiger partial charge in [0.15, 0.2) is 0 Å². The Morgan fingerprint density at radius 1 is 1.38 bits per heavy atom. The maximum atomic E-state index is 12.5. The van der Waals surface area contributed by atoms with Crippen molar-refractivity contribution in [3.63, 3.8) is 0 Å². The molecule has 2 N–H and O–H groups in total. The molecule has 0 bridgehead atoms. The number of carbonyl (C=O) groups excluding carboxylic acids is 2. The molecule has 1 aliphatic heterocycles. The van der Waals surface area contributed by atoms with E-state index in [0.717, 1.165) is 0 Å². The Bertz CT molecular complexity index is 680. The van der Waals surface area contributed by atoms with Crippen LogP contribution in [-0.4, -0.2) is 48.4 Å². The van der Waals surface area contributed by atoms with Crippen molar-refractivity contribution in [2.45, 2.75) is 32.4 Å². The maximum absolute atomic E-state index is 12.5. The second kappa shape index (κ2) is 6.38. The third-order valence-corrected chi connectivity index (χ3v) is 3.29. The summed E-state index contributed by atoms with van der Waals surface area (Å²) in [5.41, 5.74) is -0.212. The monoisotopic (exact) mass is 336 g/mol. The molecule has 8 nitrogen and oxygen atoms in total. The first-order valence-electron chi connectivity index (χ1n) is 7.36. The van der Waals surface area contributed by atoms with Crippen molar-refractivity contribution in [1.82, 2.24) is 5.32 Å². The summed E-state index contributed by atoms with van der Waals surface area (Å²) in [6.45, 7) is 5.02. The van der Waals surface area contributed by atoms with Gasteiger partial charge in [0.1, 0.15) is 24.0 Å². The summed E-state index contributed by atoms with van der Waals surface area (Å²) in [5, 5.41) is 11.5. The van der Waals surface area contributed by atoms with Crippen LogP contribution in [0.1, 0.15) is 31.1 Å². The number of hydrogen-bond acceptors (Lipinski definition) is 5. The van der Waals surface area contributed by atoms with Crippen LogP contribution in [0.3, 0.4) is 0 Å². The highest BCUT2D eigenvalue weighted by molar-refractivity contribution is 6.01. The van der Waals surface area contributed by atoms with Crippen molar-refractivity contribution in [2.24, 2.45) is 0 Å². The van der Waals surface area contributed by atoms with Gasteiger partial charge >= 0.3 is 12.1 Å². The van der Waals surface area contributed by atoms with E-state index < -0.39 is 23.7 Å². The third kappa shape index (κ3) is 3.95. The van der Waals surface area contributed by atoms with Crippen molar-refractivity contribution >= 4 is 23.7 Å². The highest BCUT2D eigenvalue weighted by atomic mass is 16.6. The molecule has 130 valence electrons. The fourth-order valence-corrected chi connectivity index (χ4v) is 2.19. The largest absolute Gasteiger partial charge is 0.489 e. The zero-order valence-corrected chi connectivity index (χ0v) is 14.0. The van der Waals surface area contributed by atoms with Crippen LogP contribution in [0.5, 0.6) is 5.75 Å². The quantitative estimate of drug-likeness (QED) is 0.850. The first-order chi connectivity index (χ1) is 11.1. The summed E-state index contributed by atoms with van der Waals surface area (Å²) < 4.78 is 10.7. The van der Waals surface area contributed by atoms with Gasteiger partial charge in [0.05, 0.1) is 11.3 Å². The maximum Gasteiger partial charge on any atom is 0.408 e.